The van der Waals surface area contributed by atoms with Gasteiger partial charge in [0.05, 0.1) is 19.3 Å². The van der Waals surface area contributed by atoms with Crippen LogP contribution in [-0.4, -0.2) is 59.8 Å². The molecule has 1 aliphatic carbocycles. The molecule has 1 aliphatic rings. The zero-order valence-corrected chi connectivity index (χ0v) is 24.7. The van der Waals surface area contributed by atoms with Crippen LogP contribution < -0.4 is 5.32 Å². The van der Waals surface area contributed by atoms with E-state index in [0.29, 0.717) is 34.7 Å². The van der Waals surface area contributed by atoms with Gasteiger partial charge in [-0.3, -0.25) is 9.59 Å². The number of pyridine rings is 1. The van der Waals surface area contributed by atoms with Crippen LogP contribution in [-0.2, 0) is 26.4 Å². The molecule has 0 radical (unpaired) electrons. The second-order valence-corrected chi connectivity index (χ2v) is 11.4. The van der Waals surface area contributed by atoms with Crippen molar-refractivity contribution < 1.29 is 9.59 Å². The third-order valence-corrected chi connectivity index (χ3v) is 8.36. The van der Waals surface area contributed by atoms with Crippen molar-refractivity contribution >= 4 is 17.2 Å². The summed E-state index contributed by atoms with van der Waals surface area (Å²) in [6, 6.07) is 13.7. The van der Waals surface area contributed by atoms with Gasteiger partial charge in [-0.05, 0) is 87.0 Å². The van der Waals surface area contributed by atoms with Crippen molar-refractivity contribution in [1.82, 2.24) is 34.8 Å². The first-order chi connectivity index (χ1) is 19.8. The van der Waals surface area contributed by atoms with Gasteiger partial charge in [0.25, 0.3) is 5.91 Å². The van der Waals surface area contributed by atoms with Crippen LogP contribution in [0.4, 0.5) is 0 Å². The first kappa shape index (κ1) is 28.7. The fraction of sp³-hybridized carbons (Fsp3) is 0.469. The summed E-state index contributed by atoms with van der Waals surface area (Å²) in [6.07, 6.45) is 9.82. The van der Waals surface area contributed by atoms with Gasteiger partial charge in [-0.1, -0.05) is 44.0 Å². The maximum atomic E-state index is 13.7. The molecule has 9 heteroatoms. The molecule has 0 spiro atoms. The number of carbonyl (C=O) groups excluding carboxylic acids is 2. The quantitative estimate of drug-likeness (QED) is 0.200. The summed E-state index contributed by atoms with van der Waals surface area (Å²) in [5, 5.41) is 15.8. The number of carbonyl (C=O) groups is 2. The molecule has 3 aromatic heterocycles. The van der Waals surface area contributed by atoms with Gasteiger partial charge in [-0.15, -0.1) is 10.2 Å². The number of tetrazole rings is 1. The second-order valence-electron chi connectivity index (χ2n) is 11.4. The van der Waals surface area contributed by atoms with Crippen molar-refractivity contribution in [2.24, 2.45) is 7.05 Å². The third-order valence-electron chi connectivity index (χ3n) is 8.36. The van der Waals surface area contributed by atoms with Gasteiger partial charge in [-0.25, -0.2) is 0 Å². The number of hydrogen-bond acceptors (Lipinski definition) is 6. The van der Waals surface area contributed by atoms with E-state index in [2.05, 4.69) is 39.8 Å². The third kappa shape index (κ3) is 6.40. The molecular weight excluding hydrogens is 514 g/mol. The van der Waals surface area contributed by atoms with Crippen molar-refractivity contribution in [2.45, 2.75) is 77.8 Å². The number of nitrogens with one attached hydrogen (secondary N) is 1. The van der Waals surface area contributed by atoms with Crippen LogP contribution in [0.5, 0.6) is 0 Å². The van der Waals surface area contributed by atoms with E-state index in [9.17, 15) is 9.59 Å². The zero-order chi connectivity index (χ0) is 29.0. The van der Waals surface area contributed by atoms with Crippen LogP contribution in [0.2, 0.25) is 0 Å². The summed E-state index contributed by atoms with van der Waals surface area (Å²) >= 11 is 0. The standard InChI is InChI=1S/C32H41N7O2/c1-5-24-20-27-21-26(31(41)38(6-2)22-28-34-36-37(4)35-28)15-19-39(27)29(24)30(40)25-13-11-23(12-14-25)10-9-18-33-32(3)16-7-8-17-32/h11-15,19-21,33H,5-10,16-18,22H2,1-4H3. The van der Waals surface area contributed by atoms with E-state index in [1.165, 1.54) is 36.0 Å². The number of amides is 1. The number of fused-ring (bicyclic) bond motifs is 1. The highest BCUT2D eigenvalue weighted by Crippen LogP contribution is 2.29. The Bertz CT molecular complexity index is 1510. The van der Waals surface area contributed by atoms with E-state index in [4.69, 9.17) is 0 Å². The normalized spacial score (nSPS) is 14.5. The molecule has 4 aromatic rings. The van der Waals surface area contributed by atoms with E-state index in [-0.39, 0.29) is 18.2 Å². The number of aromatic nitrogens is 5. The number of hydrogen-bond donors (Lipinski definition) is 1. The molecule has 0 atom stereocenters. The van der Waals surface area contributed by atoms with Crippen molar-refractivity contribution in [2.75, 3.05) is 13.1 Å². The monoisotopic (exact) mass is 555 g/mol. The minimum Gasteiger partial charge on any atom is -0.331 e. The second kappa shape index (κ2) is 12.3. The number of benzene rings is 1. The lowest BCUT2D eigenvalue weighted by Crippen LogP contribution is -2.40. The Kier molecular flexibility index (Phi) is 8.63. The summed E-state index contributed by atoms with van der Waals surface area (Å²) in [5.41, 5.74) is 5.23. The van der Waals surface area contributed by atoms with E-state index in [0.717, 1.165) is 36.9 Å². The van der Waals surface area contributed by atoms with Gasteiger partial charge >= 0.3 is 0 Å². The van der Waals surface area contributed by atoms with Crippen molar-refractivity contribution in [3.63, 3.8) is 0 Å². The number of ketones is 1. The molecule has 1 N–H and O–H groups in total. The summed E-state index contributed by atoms with van der Waals surface area (Å²) in [6.45, 7) is 8.13. The molecule has 0 unspecified atom stereocenters. The molecule has 0 bridgehead atoms. The fourth-order valence-electron chi connectivity index (χ4n) is 5.93. The fourth-order valence-corrected chi connectivity index (χ4v) is 5.93. The van der Waals surface area contributed by atoms with Crippen LogP contribution in [0.25, 0.3) is 5.52 Å². The SMILES string of the molecule is CCc1cc2cc(C(=O)N(CC)Cc3nnn(C)n3)ccn2c1C(=O)c1ccc(CCCNC2(C)CCCC2)cc1. The van der Waals surface area contributed by atoms with Crippen LogP contribution in [0, 0.1) is 0 Å². The van der Waals surface area contributed by atoms with Crippen LogP contribution in [0.15, 0.2) is 48.7 Å². The van der Waals surface area contributed by atoms with Crippen LogP contribution in [0.1, 0.15) is 96.2 Å². The lowest BCUT2D eigenvalue weighted by Gasteiger charge is -2.25. The highest BCUT2D eigenvalue weighted by atomic mass is 16.2. The summed E-state index contributed by atoms with van der Waals surface area (Å²) in [4.78, 5) is 30.1. The van der Waals surface area contributed by atoms with Gasteiger partial charge in [0.15, 0.2) is 5.82 Å². The lowest BCUT2D eigenvalue weighted by atomic mass is 9.99. The molecular formula is C32H41N7O2. The van der Waals surface area contributed by atoms with Gasteiger partial charge in [0.1, 0.15) is 0 Å². The molecule has 1 amide bonds. The largest absolute Gasteiger partial charge is 0.331 e. The first-order valence-corrected chi connectivity index (χ1v) is 14.8. The van der Waals surface area contributed by atoms with Crippen molar-refractivity contribution in [3.8, 4) is 0 Å². The van der Waals surface area contributed by atoms with Crippen molar-refractivity contribution in [1.29, 1.82) is 0 Å². The molecule has 0 saturated heterocycles. The van der Waals surface area contributed by atoms with Gasteiger partial charge in [-0.2, -0.15) is 4.80 Å². The summed E-state index contributed by atoms with van der Waals surface area (Å²) in [7, 11) is 1.70. The number of nitrogens with zero attached hydrogens (tertiary/aromatic N) is 6. The van der Waals surface area contributed by atoms with E-state index >= 15 is 0 Å². The highest BCUT2D eigenvalue weighted by Gasteiger charge is 2.27. The van der Waals surface area contributed by atoms with Gasteiger partial charge < -0.3 is 14.6 Å². The Balaban J connectivity index is 1.28. The van der Waals surface area contributed by atoms with E-state index in [1.807, 2.05) is 48.7 Å². The zero-order valence-electron chi connectivity index (χ0n) is 24.7. The number of aryl methyl sites for hydroxylation is 3. The van der Waals surface area contributed by atoms with Crippen LogP contribution >= 0.6 is 0 Å². The minimum atomic E-state index is -0.113. The predicted octanol–water partition coefficient (Wildman–Crippen LogP) is 4.77. The predicted molar refractivity (Wildman–Crippen MR) is 159 cm³/mol. The first-order valence-electron chi connectivity index (χ1n) is 14.8. The molecule has 3 heterocycles. The maximum Gasteiger partial charge on any atom is 0.254 e. The Labute approximate surface area is 241 Å². The molecule has 0 aliphatic heterocycles. The van der Waals surface area contributed by atoms with Gasteiger partial charge in [0, 0.05) is 34.9 Å². The molecule has 9 nitrogen and oxygen atoms in total. The van der Waals surface area contributed by atoms with E-state index < -0.39 is 0 Å². The molecule has 41 heavy (non-hydrogen) atoms. The van der Waals surface area contributed by atoms with Gasteiger partial charge in [0.2, 0.25) is 5.78 Å². The van der Waals surface area contributed by atoms with Crippen LogP contribution in [0.3, 0.4) is 0 Å². The topological polar surface area (TPSA) is 97.4 Å². The Hall–Kier alpha value is -3.85. The van der Waals surface area contributed by atoms with Crippen molar-refractivity contribution in [3.05, 3.63) is 82.4 Å². The Morgan fingerprint density at radius 3 is 2.46 bits per heavy atom. The van der Waals surface area contributed by atoms with E-state index in [1.54, 1.807) is 18.0 Å². The molecule has 5 rings (SSSR count). The molecule has 1 saturated carbocycles. The minimum absolute atomic E-state index is 0.00721. The summed E-state index contributed by atoms with van der Waals surface area (Å²) < 4.78 is 1.90. The average Bonchev–Trinajstić information content (AvgIpc) is 3.71. The Morgan fingerprint density at radius 1 is 1.05 bits per heavy atom. The molecule has 216 valence electrons. The smallest absolute Gasteiger partial charge is 0.254 e. The lowest BCUT2D eigenvalue weighted by molar-refractivity contribution is 0.0748. The summed E-state index contributed by atoms with van der Waals surface area (Å²) in [5.74, 6) is 0.374. The Morgan fingerprint density at radius 2 is 1.80 bits per heavy atom. The number of rotatable bonds is 12. The average molecular weight is 556 g/mol. The molecule has 1 aromatic carbocycles. The maximum absolute atomic E-state index is 13.7. The molecule has 1 fully saturated rings. The highest BCUT2D eigenvalue weighted by molar-refractivity contribution is 6.10.